The van der Waals surface area contributed by atoms with Crippen LogP contribution in [0.25, 0.3) is 0 Å². The first kappa shape index (κ1) is 52.8. The normalized spacial score (nSPS) is 15.3. The summed E-state index contributed by atoms with van der Waals surface area (Å²) in [5.41, 5.74) is 0. The fraction of sp³-hybridized carbons (Fsp3) is 0.854. The number of unbranched alkanes of at least 4 members (excludes halogenated alkanes) is 18. The second-order valence-corrected chi connectivity index (χ2v) is 16.2. The largest absolute Gasteiger partial charge is 0.465 e. The molecular weight excluding hydrogens is 719 g/mol. The molecule has 2 atom stereocenters. The van der Waals surface area contributed by atoms with Crippen molar-refractivity contribution < 1.29 is 38.1 Å². The number of esters is 3. The van der Waals surface area contributed by atoms with Crippen molar-refractivity contribution in [2.75, 3.05) is 46.6 Å². The molecule has 1 aliphatic rings. The van der Waals surface area contributed by atoms with Gasteiger partial charge in [0, 0.05) is 26.1 Å². The molecule has 0 aliphatic carbocycles. The van der Waals surface area contributed by atoms with Crippen LogP contribution in [0.5, 0.6) is 0 Å². The maximum atomic E-state index is 12.9. The van der Waals surface area contributed by atoms with E-state index in [-0.39, 0.29) is 50.2 Å². The van der Waals surface area contributed by atoms with Gasteiger partial charge in [-0.25, -0.2) is 0 Å². The Morgan fingerprint density at radius 2 is 1.05 bits per heavy atom. The lowest BCUT2D eigenvalue weighted by Crippen LogP contribution is -2.36. The van der Waals surface area contributed by atoms with Crippen LogP contribution in [0.15, 0.2) is 24.3 Å². The summed E-state index contributed by atoms with van der Waals surface area (Å²) >= 11 is 0. The third kappa shape index (κ3) is 32.3. The van der Waals surface area contributed by atoms with E-state index in [4.69, 9.17) is 23.7 Å². The number of allylic oxidation sites excluding steroid dienone is 4. The number of likely N-dealkylation sites (tertiary alicyclic amines) is 1. The molecule has 1 saturated heterocycles. The smallest absolute Gasteiger partial charge is 0.323 e. The topological polar surface area (TPSA) is 101 Å². The van der Waals surface area contributed by atoms with Crippen LogP contribution in [-0.4, -0.2) is 81.8 Å². The van der Waals surface area contributed by atoms with Gasteiger partial charge in [-0.1, -0.05) is 141 Å². The molecule has 2 unspecified atom stereocenters. The lowest BCUT2D eigenvalue weighted by atomic mass is 10.1. The number of ether oxygens (including phenoxy) is 5. The fourth-order valence-corrected chi connectivity index (χ4v) is 6.94. The van der Waals surface area contributed by atoms with Crippen LogP contribution in [-0.2, 0) is 38.1 Å². The first-order valence-corrected chi connectivity index (χ1v) is 23.6. The molecule has 1 heterocycles. The van der Waals surface area contributed by atoms with E-state index < -0.39 is 12.2 Å². The van der Waals surface area contributed by atoms with Crippen molar-refractivity contribution in [3.8, 4) is 0 Å². The Morgan fingerprint density at radius 3 is 1.61 bits per heavy atom. The lowest BCUT2D eigenvalue weighted by molar-refractivity contribution is -0.162. The van der Waals surface area contributed by atoms with E-state index in [1.54, 1.807) is 0 Å². The van der Waals surface area contributed by atoms with Gasteiger partial charge in [-0.15, -0.1) is 0 Å². The molecule has 0 aromatic carbocycles. The van der Waals surface area contributed by atoms with E-state index in [2.05, 4.69) is 45.1 Å². The molecule has 9 heteroatoms. The van der Waals surface area contributed by atoms with Crippen LogP contribution in [0.1, 0.15) is 201 Å². The number of hydrogen-bond acceptors (Lipinski definition) is 9. The summed E-state index contributed by atoms with van der Waals surface area (Å²) in [5.74, 6) is -1.36. The summed E-state index contributed by atoms with van der Waals surface area (Å²) in [7, 11) is 1.93. The standard InChI is InChI=1S/C48H87NO8/c1-5-8-11-14-17-18-19-20-21-22-23-24-25-26-29-34-45(50)55-40-43(42-57-48(52)44-33-32-37-49(44)4)41-56-46(51)35-36-47(53-38-30-27-15-12-9-6-2)54-39-31-28-16-13-10-7-3/h17-18,20-21,43-44,47H,5-16,19,22-42H2,1-4H3/b18-17-,21-20-. The second-order valence-electron chi connectivity index (χ2n) is 16.2. The van der Waals surface area contributed by atoms with Crippen molar-refractivity contribution >= 4 is 17.9 Å². The summed E-state index contributed by atoms with van der Waals surface area (Å²) in [4.78, 5) is 40.4. The molecule has 0 aromatic heterocycles. The average Bonchev–Trinajstić information content (AvgIpc) is 3.65. The van der Waals surface area contributed by atoms with Gasteiger partial charge in [-0.2, -0.15) is 0 Å². The molecule has 1 aliphatic heterocycles. The molecule has 332 valence electrons. The number of carbonyl (C=O) groups is 3. The van der Waals surface area contributed by atoms with Crippen molar-refractivity contribution in [1.82, 2.24) is 4.90 Å². The number of carbonyl (C=O) groups excluding carboxylic acids is 3. The number of nitrogens with zero attached hydrogens (tertiary/aromatic N) is 1. The molecule has 0 N–H and O–H groups in total. The summed E-state index contributed by atoms with van der Waals surface area (Å²) in [6.45, 7) is 8.84. The Balaban J connectivity index is 2.48. The van der Waals surface area contributed by atoms with Crippen LogP contribution in [0, 0.1) is 5.92 Å². The van der Waals surface area contributed by atoms with Gasteiger partial charge < -0.3 is 23.7 Å². The van der Waals surface area contributed by atoms with Gasteiger partial charge in [0.25, 0.3) is 0 Å². The highest BCUT2D eigenvalue weighted by Crippen LogP contribution is 2.18. The molecule has 0 aromatic rings. The van der Waals surface area contributed by atoms with E-state index in [1.807, 2.05) is 11.9 Å². The van der Waals surface area contributed by atoms with Crippen molar-refractivity contribution in [2.24, 2.45) is 5.92 Å². The first-order valence-electron chi connectivity index (χ1n) is 23.6. The highest BCUT2D eigenvalue weighted by atomic mass is 16.7. The number of likely N-dealkylation sites (N-methyl/N-ethyl adjacent to an activating group) is 1. The SMILES string of the molecule is CCCCC/C=C\C/C=C\CCCCCCCC(=O)OCC(COC(=O)CCC(OCCCCCCCC)OCCCCCCCC)COC(=O)C1CCCN1C. The quantitative estimate of drug-likeness (QED) is 0.0197. The Kier molecular flexibility index (Phi) is 36.3. The van der Waals surface area contributed by atoms with Crippen LogP contribution in [0.3, 0.4) is 0 Å². The van der Waals surface area contributed by atoms with Crippen molar-refractivity contribution in [3.05, 3.63) is 24.3 Å². The van der Waals surface area contributed by atoms with Gasteiger partial charge in [-0.05, 0) is 77.8 Å². The molecule has 1 fully saturated rings. The summed E-state index contributed by atoms with van der Waals surface area (Å²) in [6.07, 6.45) is 37.8. The Morgan fingerprint density at radius 1 is 0.579 bits per heavy atom. The van der Waals surface area contributed by atoms with Gasteiger partial charge >= 0.3 is 17.9 Å². The Labute approximate surface area is 349 Å². The first-order chi connectivity index (χ1) is 27.9. The third-order valence-corrected chi connectivity index (χ3v) is 10.7. The predicted octanol–water partition coefficient (Wildman–Crippen LogP) is 12.0. The summed E-state index contributed by atoms with van der Waals surface area (Å²) in [5, 5.41) is 0. The van der Waals surface area contributed by atoms with Gasteiger partial charge in [0.1, 0.15) is 25.9 Å². The Hall–Kier alpha value is -2.23. The van der Waals surface area contributed by atoms with Gasteiger partial charge in [0.2, 0.25) is 0 Å². The molecule has 0 saturated carbocycles. The minimum atomic E-state index is -0.445. The monoisotopic (exact) mass is 806 g/mol. The van der Waals surface area contributed by atoms with Crippen LogP contribution < -0.4 is 0 Å². The zero-order valence-electron chi connectivity index (χ0n) is 37.3. The Bertz CT molecular complexity index is 998. The van der Waals surface area contributed by atoms with Gasteiger partial charge in [0.15, 0.2) is 6.29 Å². The molecule has 0 spiro atoms. The minimum absolute atomic E-state index is 0.00545. The van der Waals surface area contributed by atoms with Crippen LogP contribution in [0.2, 0.25) is 0 Å². The molecule has 0 amide bonds. The van der Waals surface area contributed by atoms with E-state index in [0.717, 1.165) is 90.0 Å². The van der Waals surface area contributed by atoms with Gasteiger partial charge in [0.05, 0.1) is 12.3 Å². The maximum absolute atomic E-state index is 12.9. The molecule has 0 bridgehead atoms. The van der Waals surface area contributed by atoms with Crippen molar-refractivity contribution in [2.45, 2.75) is 213 Å². The molecular formula is C48H87NO8. The average molecular weight is 806 g/mol. The van der Waals surface area contributed by atoms with Crippen LogP contribution >= 0.6 is 0 Å². The van der Waals surface area contributed by atoms with Crippen molar-refractivity contribution in [1.29, 1.82) is 0 Å². The maximum Gasteiger partial charge on any atom is 0.323 e. The molecule has 9 nitrogen and oxygen atoms in total. The minimum Gasteiger partial charge on any atom is -0.465 e. The van der Waals surface area contributed by atoms with Crippen LogP contribution in [0.4, 0.5) is 0 Å². The molecule has 0 radical (unpaired) electrons. The van der Waals surface area contributed by atoms with E-state index in [9.17, 15) is 14.4 Å². The fourth-order valence-electron chi connectivity index (χ4n) is 6.94. The highest BCUT2D eigenvalue weighted by Gasteiger charge is 2.30. The highest BCUT2D eigenvalue weighted by molar-refractivity contribution is 5.76. The zero-order valence-corrected chi connectivity index (χ0v) is 37.3. The number of rotatable bonds is 40. The second kappa shape index (κ2) is 39.2. The van der Waals surface area contributed by atoms with Crippen molar-refractivity contribution in [3.63, 3.8) is 0 Å². The third-order valence-electron chi connectivity index (χ3n) is 10.7. The van der Waals surface area contributed by atoms with E-state index in [1.165, 1.54) is 77.0 Å². The van der Waals surface area contributed by atoms with E-state index >= 15 is 0 Å². The lowest BCUT2D eigenvalue weighted by Gasteiger charge is -2.21. The van der Waals surface area contributed by atoms with E-state index in [0.29, 0.717) is 26.1 Å². The number of hydrogen-bond donors (Lipinski definition) is 0. The zero-order chi connectivity index (χ0) is 41.4. The van der Waals surface area contributed by atoms with Gasteiger partial charge in [-0.3, -0.25) is 19.3 Å². The molecule has 57 heavy (non-hydrogen) atoms. The summed E-state index contributed by atoms with van der Waals surface area (Å²) in [6, 6.07) is -0.265. The summed E-state index contributed by atoms with van der Waals surface area (Å²) < 4.78 is 29.1. The predicted molar refractivity (Wildman–Crippen MR) is 233 cm³/mol. The molecule has 1 rings (SSSR count).